The van der Waals surface area contributed by atoms with Crippen LogP contribution >= 0.6 is 0 Å². The number of rotatable bonds is 4. The molecule has 1 aromatic rings. The smallest absolute Gasteiger partial charge is 0.217 e. The molecule has 3 fully saturated rings. The maximum atomic E-state index is 12.5. The fraction of sp³-hybridized carbons (Fsp3) is 0.667. The Labute approximate surface area is 126 Å². The van der Waals surface area contributed by atoms with Crippen LogP contribution in [0.5, 0.6) is 0 Å². The molecule has 1 aromatic heterocycles. The van der Waals surface area contributed by atoms with Crippen LogP contribution in [-0.2, 0) is 16.6 Å². The van der Waals surface area contributed by atoms with Gasteiger partial charge < -0.3 is 0 Å². The van der Waals surface area contributed by atoms with Crippen molar-refractivity contribution in [3.05, 3.63) is 30.1 Å². The predicted molar refractivity (Wildman–Crippen MR) is 80.1 cm³/mol. The summed E-state index contributed by atoms with van der Waals surface area (Å²) < 4.78 is 26.8. The number of hydrogen-bond donors (Lipinski definition) is 0. The molecule has 0 amide bonds. The van der Waals surface area contributed by atoms with Gasteiger partial charge in [-0.3, -0.25) is 9.88 Å². The van der Waals surface area contributed by atoms with Crippen LogP contribution in [-0.4, -0.2) is 53.0 Å². The minimum Gasteiger partial charge on any atom is -0.294 e. The van der Waals surface area contributed by atoms with E-state index in [9.17, 15) is 8.42 Å². The van der Waals surface area contributed by atoms with Crippen LogP contribution in [0.2, 0.25) is 0 Å². The van der Waals surface area contributed by atoms with Crippen molar-refractivity contribution < 1.29 is 8.42 Å². The molecule has 114 valence electrons. The SMILES string of the molecule is O=S(=O)(C1CC1)N1CC[C@@H]2[C@@H]1CCN2Cc1cccnc1. The second-order valence-corrected chi connectivity index (χ2v) is 8.56. The predicted octanol–water partition coefficient (Wildman–Crippen LogP) is 1.22. The highest BCUT2D eigenvalue weighted by atomic mass is 32.2. The summed E-state index contributed by atoms with van der Waals surface area (Å²) >= 11 is 0. The molecule has 2 saturated heterocycles. The van der Waals surface area contributed by atoms with Crippen LogP contribution < -0.4 is 0 Å². The summed E-state index contributed by atoms with van der Waals surface area (Å²) in [6, 6.07) is 4.64. The molecule has 6 heteroatoms. The highest BCUT2D eigenvalue weighted by Gasteiger charge is 2.50. The fourth-order valence-electron chi connectivity index (χ4n) is 3.83. The maximum absolute atomic E-state index is 12.5. The van der Waals surface area contributed by atoms with Gasteiger partial charge in [-0.25, -0.2) is 8.42 Å². The Kier molecular flexibility index (Phi) is 3.28. The Morgan fingerprint density at radius 2 is 1.95 bits per heavy atom. The van der Waals surface area contributed by atoms with E-state index in [-0.39, 0.29) is 11.3 Å². The van der Waals surface area contributed by atoms with Gasteiger partial charge in [0, 0.05) is 44.1 Å². The van der Waals surface area contributed by atoms with Gasteiger partial charge in [-0.15, -0.1) is 0 Å². The molecule has 0 radical (unpaired) electrons. The Morgan fingerprint density at radius 3 is 2.67 bits per heavy atom. The van der Waals surface area contributed by atoms with Crippen LogP contribution in [0.4, 0.5) is 0 Å². The van der Waals surface area contributed by atoms with Crippen molar-refractivity contribution in [1.82, 2.24) is 14.2 Å². The molecule has 21 heavy (non-hydrogen) atoms. The fourth-order valence-corrected chi connectivity index (χ4v) is 5.93. The van der Waals surface area contributed by atoms with Crippen LogP contribution in [0.15, 0.2) is 24.5 Å². The zero-order valence-corrected chi connectivity index (χ0v) is 12.9. The first kappa shape index (κ1) is 13.7. The number of likely N-dealkylation sites (tertiary alicyclic amines) is 1. The number of pyridine rings is 1. The molecule has 0 spiro atoms. The van der Waals surface area contributed by atoms with Gasteiger partial charge in [-0.2, -0.15) is 4.31 Å². The monoisotopic (exact) mass is 307 g/mol. The molecule has 0 N–H and O–H groups in total. The van der Waals surface area contributed by atoms with E-state index in [1.165, 1.54) is 5.56 Å². The lowest BCUT2D eigenvalue weighted by molar-refractivity contribution is 0.240. The van der Waals surface area contributed by atoms with Gasteiger partial charge in [0.2, 0.25) is 10.0 Å². The number of hydrogen-bond acceptors (Lipinski definition) is 4. The van der Waals surface area contributed by atoms with Crippen molar-refractivity contribution >= 4 is 10.0 Å². The molecule has 0 bridgehead atoms. The first-order valence-electron chi connectivity index (χ1n) is 7.80. The van der Waals surface area contributed by atoms with E-state index in [2.05, 4.69) is 16.0 Å². The van der Waals surface area contributed by atoms with Crippen molar-refractivity contribution in [1.29, 1.82) is 0 Å². The van der Waals surface area contributed by atoms with Gasteiger partial charge in [-0.05, 0) is 37.3 Å². The zero-order chi connectivity index (χ0) is 14.4. The third-order valence-electron chi connectivity index (χ3n) is 5.02. The van der Waals surface area contributed by atoms with Crippen LogP contribution in [0.1, 0.15) is 31.2 Å². The lowest BCUT2D eigenvalue weighted by Gasteiger charge is -2.25. The molecular weight excluding hydrogens is 286 g/mol. The number of aromatic nitrogens is 1. The van der Waals surface area contributed by atoms with E-state index in [1.807, 2.05) is 16.6 Å². The summed E-state index contributed by atoms with van der Waals surface area (Å²) in [6.45, 7) is 2.57. The van der Waals surface area contributed by atoms with Gasteiger partial charge in [0.15, 0.2) is 0 Å². The average Bonchev–Trinajstić information content (AvgIpc) is 3.15. The van der Waals surface area contributed by atoms with Crippen molar-refractivity contribution in [3.63, 3.8) is 0 Å². The molecule has 1 aliphatic carbocycles. The Morgan fingerprint density at radius 1 is 1.14 bits per heavy atom. The van der Waals surface area contributed by atoms with Gasteiger partial charge in [0.05, 0.1) is 5.25 Å². The Bertz CT molecular complexity index is 615. The molecule has 4 rings (SSSR count). The quantitative estimate of drug-likeness (QED) is 0.839. The minimum absolute atomic E-state index is 0.0800. The largest absolute Gasteiger partial charge is 0.294 e. The van der Waals surface area contributed by atoms with Gasteiger partial charge in [-0.1, -0.05) is 6.07 Å². The number of sulfonamides is 1. The molecule has 2 aliphatic heterocycles. The molecule has 3 heterocycles. The summed E-state index contributed by atoms with van der Waals surface area (Å²) in [6.07, 6.45) is 7.34. The molecule has 0 unspecified atom stereocenters. The summed E-state index contributed by atoms with van der Waals surface area (Å²) in [5.41, 5.74) is 1.21. The van der Waals surface area contributed by atoms with E-state index < -0.39 is 10.0 Å². The lowest BCUT2D eigenvalue weighted by atomic mass is 10.1. The number of nitrogens with zero attached hydrogens (tertiary/aromatic N) is 3. The van der Waals surface area contributed by atoms with Crippen molar-refractivity contribution in [2.45, 2.75) is 49.6 Å². The van der Waals surface area contributed by atoms with E-state index in [1.54, 1.807) is 6.20 Å². The third kappa shape index (κ3) is 2.39. The van der Waals surface area contributed by atoms with Crippen molar-refractivity contribution in [2.24, 2.45) is 0 Å². The molecular formula is C15H21N3O2S. The Balaban J connectivity index is 1.48. The topological polar surface area (TPSA) is 53.5 Å². The second kappa shape index (κ2) is 5.04. The van der Waals surface area contributed by atoms with Gasteiger partial charge in [0.25, 0.3) is 0 Å². The van der Waals surface area contributed by atoms with E-state index in [0.29, 0.717) is 12.6 Å². The molecule has 2 atom stereocenters. The second-order valence-electron chi connectivity index (χ2n) is 6.40. The van der Waals surface area contributed by atoms with Gasteiger partial charge >= 0.3 is 0 Å². The van der Waals surface area contributed by atoms with Crippen LogP contribution in [0, 0.1) is 0 Å². The summed E-state index contributed by atoms with van der Waals surface area (Å²) in [5, 5.41) is -0.0800. The van der Waals surface area contributed by atoms with Crippen LogP contribution in [0.25, 0.3) is 0 Å². The standard InChI is InChI=1S/C15H21N3O2S/c19-21(20,13-3-4-13)18-9-6-14-15(18)5-8-17(14)11-12-2-1-7-16-10-12/h1-2,7,10,13-15H,3-6,8-9,11H2/t14-,15+/m1/s1. The molecule has 0 aromatic carbocycles. The van der Waals surface area contributed by atoms with E-state index >= 15 is 0 Å². The lowest BCUT2D eigenvalue weighted by Crippen LogP contribution is -2.41. The van der Waals surface area contributed by atoms with Crippen molar-refractivity contribution in [3.8, 4) is 0 Å². The van der Waals surface area contributed by atoms with Crippen LogP contribution in [0.3, 0.4) is 0 Å². The molecule has 3 aliphatic rings. The average molecular weight is 307 g/mol. The number of fused-ring (bicyclic) bond motifs is 1. The first-order valence-corrected chi connectivity index (χ1v) is 9.30. The highest BCUT2D eigenvalue weighted by molar-refractivity contribution is 7.90. The summed E-state index contributed by atoms with van der Waals surface area (Å²) in [7, 11) is -3.02. The molecule has 5 nitrogen and oxygen atoms in total. The Hall–Kier alpha value is -0.980. The zero-order valence-electron chi connectivity index (χ0n) is 12.1. The third-order valence-corrected chi connectivity index (χ3v) is 7.44. The van der Waals surface area contributed by atoms with Gasteiger partial charge in [0.1, 0.15) is 0 Å². The van der Waals surface area contributed by atoms with E-state index in [0.717, 1.165) is 38.8 Å². The highest BCUT2D eigenvalue weighted by Crippen LogP contribution is 2.39. The normalized spacial score (nSPS) is 30.7. The minimum atomic E-state index is -3.02. The van der Waals surface area contributed by atoms with Crippen molar-refractivity contribution in [2.75, 3.05) is 13.1 Å². The first-order chi connectivity index (χ1) is 10.2. The van der Waals surface area contributed by atoms with E-state index in [4.69, 9.17) is 0 Å². The maximum Gasteiger partial charge on any atom is 0.217 e. The molecule has 1 saturated carbocycles. The summed E-state index contributed by atoms with van der Waals surface area (Å²) in [5.74, 6) is 0. The summed E-state index contributed by atoms with van der Waals surface area (Å²) in [4.78, 5) is 6.60.